The van der Waals surface area contributed by atoms with Crippen LogP contribution in [0.5, 0.6) is 11.5 Å². The van der Waals surface area contributed by atoms with Crippen LogP contribution in [0.15, 0.2) is 42.5 Å². The Hall–Kier alpha value is -3.55. The van der Waals surface area contributed by atoms with Gasteiger partial charge in [0.15, 0.2) is 0 Å². The molecular weight excluding hydrogens is 410 g/mol. The zero-order valence-corrected chi connectivity index (χ0v) is 18.3. The number of methoxy groups -OCH3 is 2. The zero-order valence-electron chi connectivity index (χ0n) is 18.3. The van der Waals surface area contributed by atoms with E-state index in [0.29, 0.717) is 36.4 Å². The summed E-state index contributed by atoms with van der Waals surface area (Å²) in [6, 6.07) is 12.2. The lowest BCUT2D eigenvalue weighted by Gasteiger charge is -2.36. The largest absolute Gasteiger partial charge is 0.497 e. The number of amides is 3. The standard InChI is InChI=1S/C24H27N3O5/c1-31-19-8-5-16(6-9-19)13-25-23(29)17-7-10-21(32-2)18(12-17)14-26-15-22(28)27-11-3-4-20(27)24(26)30/h5-10,12,20H,3-4,11,13-15H2,1-2H3,(H,25,29)/t20-/m0/s1. The van der Waals surface area contributed by atoms with Crippen molar-refractivity contribution in [3.63, 3.8) is 0 Å². The smallest absolute Gasteiger partial charge is 0.251 e. The van der Waals surface area contributed by atoms with Crippen molar-refractivity contribution in [1.29, 1.82) is 0 Å². The number of carbonyl (C=O) groups excluding carboxylic acids is 3. The molecule has 3 amide bonds. The van der Waals surface area contributed by atoms with Gasteiger partial charge in [0.1, 0.15) is 24.1 Å². The number of nitrogens with zero attached hydrogens (tertiary/aromatic N) is 2. The molecule has 0 spiro atoms. The molecule has 4 rings (SSSR count). The summed E-state index contributed by atoms with van der Waals surface area (Å²) < 4.78 is 10.6. The van der Waals surface area contributed by atoms with Crippen LogP contribution < -0.4 is 14.8 Å². The summed E-state index contributed by atoms with van der Waals surface area (Å²) in [4.78, 5) is 41.3. The summed E-state index contributed by atoms with van der Waals surface area (Å²) in [5.41, 5.74) is 2.11. The Morgan fingerprint density at radius 1 is 1.09 bits per heavy atom. The fourth-order valence-corrected chi connectivity index (χ4v) is 4.28. The van der Waals surface area contributed by atoms with Gasteiger partial charge in [0.05, 0.1) is 14.2 Å². The molecule has 0 bridgehead atoms. The Labute approximate surface area is 187 Å². The molecule has 0 aliphatic carbocycles. The van der Waals surface area contributed by atoms with E-state index < -0.39 is 0 Å². The number of benzene rings is 2. The minimum atomic E-state index is -0.363. The van der Waals surface area contributed by atoms with Gasteiger partial charge in [-0.25, -0.2) is 0 Å². The third-order valence-electron chi connectivity index (χ3n) is 6.01. The molecule has 0 unspecified atom stereocenters. The maximum atomic E-state index is 12.9. The molecule has 2 fully saturated rings. The van der Waals surface area contributed by atoms with Gasteiger partial charge in [0, 0.05) is 30.8 Å². The summed E-state index contributed by atoms with van der Waals surface area (Å²) in [6.45, 7) is 1.29. The van der Waals surface area contributed by atoms with Gasteiger partial charge in [0.2, 0.25) is 11.8 Å². The predicted octanol–water partition coefficient (Wildman–Crippen LogP) is 1.97. The van der Waals surface area contributed by atoms with Crippen molar-refractivity contribution < 1.29 is 23.9 Å². The monoisotopic (exact) mass is 437 g/mol. The number of hydrogen-bond donors (Lipinski definition) is 1. The number of rotatable bonds is 7. The van der Waals surface area contributed by atoms with Gasteiger partial charge in [-0.3, -0.25) is 14.4 Å². The van der Waals surface area contributed by atoms with Crippen molar-refractivity contribution in [3.8, 4) is 11.5 Å². The lowest BCUT2D eigenvalue weighted by molar-refractivity contribution is -0.154. The Morgan fingerprint density at radius 3 is 2.59 bits per heavy atom. The van der Waals surface area contributed by atoms with Gasteiger partial charge in [-0.15, -0.1) is 0 Å². The van der Waals surface area contributed by atoms with E-state index in [4.69, 9.17) is 9.47 Å². The van der Waals surface area contributed by atoms with E-state index in [1.165, 1.54) is 0 Å². The van der Waals surface area contributed by atoms with Gasteiger partial charge >= 0.3 is 0 Å². The molecule has 2 heterocycles. The molecule has 1 N–H and O–H groups in total. The van der Waals surface area contributed by atoms with E-state index in [0.717, 1.165) is 17.7 Å². The molecule has 2 aliphatic heterocycles. The lowest BCUT2D eigenvalue weighted by Crippen LogP contribution is -2.56. The SMILES string of the molecule is COc1ccc(CNC(=O)c2ccc(OC)c(CN3CC(=O)N4CCC[C@H]4C3=O)c2)cc1. The van der Waals surface area contributed by atoms with E-state index in [1.807, 2.05) is 24.3 Å². The van der Waals surface area contributed by atoms with E-state index in [-0.39, 0.29) is 36.9 Å². The van der Waals surface area contributed by atoms with Crippen LogP contribution in [0.3, 0.4) is 0 Å². The molecule has 2 aromatic rings. The highest BCUT2D eigenvalue weighted by Crippen LogP contribution is 2.27. The minimum Gasteiger partial charge on any atom is -0.497 e. The number of nitrogens with one attached hydrogen (secondary N) is 1. The molecule has 168 valence electrons. The molecule has 2 aromatic carbocycles. The third-order valence-corrected chi connectivity index (χ3v) is 6.01. The second-order valence-corrected chi connectivity index (χ2v) is 8.00. The molecule has 32 heavy (non-hydrogen) atoms. The number of fused-ring (bicyclic) bond motifs is 1. The van der Waals surface area contributed by atoms with Crippen LogP contribution in [0.1, 0.15) is 34.3 Å². The average molecular weight is 437 g/mol. The molecular formula is C24H27N3O5. The van der Waals surface area contributed by atoms with Gasteiger partial charge in [-0.05, 0) is 48.7 Å². The van der Waals surface area contributed by atoms with Crippen molar-refractivity contribution in [2.45, 2.75) is 32.0 Å². The van der Waals surface area contributed by atoms with Crippen molar-refractivity contribution in [1.82, 2.24) is 15.1 Å². The third kappa shape index (κ3) is 4.39. The summed E-state index contributed by atoms with van der Waals surface area (Å²) >= 11 is 0. The Balaban J connectivity index is 1.46. The maximum Gasteiger partial charge on any atom is 0.251 e. The van der Waals surface area contributed by atoms with Gasteiger partial charge < -0.3 is 24.6 Å². The van der Waals surface area contributed by atoms with Crippen LogP contribution in [0, 0.1) is 0 Å². The number of piperazine rings is 1. The maximum absolute atomic E-state index is 12.9. The average Bonchev–Trinajstić information content (AvgIpc) is 3.32. The van der Waals surface area contributed by atoms with Crippen molar-refractivity contribution >= 4 is 17.7 Å². The van der Waals surface area contributed by atoms with Crippen molar-refractivity contribution in [3.05, 3.63) is 59.2 Å². The summed E-state index contributed by atoms with van der Waals surface area (Å²) in [5, 5.41) is 2.91. The Morgan fingerprint density at radius 2 is 1.88 bits per heavy atom. The van der Waals surface area contributed by atoms with Crippen molar-refractivity contribution in [2.24, 2.45) is 0 Å². The van der Waals surface area contributed by atoms with Crippen molar-refractivity contribution in [2.75, 3.05) is 27.3 Å². The topological polar surface area (TPSA) is 88.2 Å². The molecule has 2 aliphatic rings. The zero-order chi connectivity index (χ0) is 22.7. The Bertz CT molecular complexity index is 1020. The van der Waals surface area contributed by atoms with Crippen LogP contribution in [0.2, 0.25) is 0 Å². The molecule has 0 saturated carbocycles. The van der Waals surface area contributed by atoms with Gasteiger partial charge in [0.25, 0.3) is 5.91 Å². The molecule has 1 atom stereocenters. The van der Waals surface area contributed by atoms with E-state index in [2.05, 4.69) is 5.32 Å². The summed E-state index contributed by atoms with van der Waals surface area (Å²) in [5.74, 6) is 1.03. The van der Waals surface area contributed by atoms with Crippen LogP contribution >= 0.6 is 0 Å². The number of carbonyl (C=O) groups is 3. The van der Waals surface area contributed by atoms with E-state index in [9.17, 15) is 14.4 Å². The predicted molar refractivity (Wildman–Crippen MR) is 117 cm³/mol. The second-order valence-electron chi connectivity index (χ2n) is 8.00. The van der Waals surface area contributed by atoms with Gasteiger partial charge in [-0.1, -0.05) is 12.1 Å². The molecule has 0 aromatic heterocycles. The van der Waals surface area contributed by atoms with Gasteiger partial charge in [-0.2, -0.15) is 0 Å². The first-order chi connectivity index (χ1) is 15.5. The van der Waals surface area contributed by atoms with Crippen LogP contribution in [-0.2, 0) is 22.7 Å². The lowest BCUT2D eigenvalue weighted by atomic mass is 10.1. The fourth-order valence-electron chi connectivity index (χ4n) is 4.28. The highest BCUT2D eigenvalue weighted by atomic mass is 16.5. The molecule has 8 nitrogen and oxygen atoms in total. The van der Waals surface area contributed by atoms with E-state index in [1.54, 1.807) is 42.2 Å². The number of hydrogen-bond acceptors (Lipinski definition) is 5. The first-order valence-electron chi connectivity index (χ1n) is 10.7. The second kappa shape index (κ2) is 9.30. The van der Waals surface area contributed by atoms with Crippen LogP contribution in [0.25, 0.3) is 0 Å². The highest BCUT2D eigenvalue weighted by molar-refractivity contribution is 5.96. The van der Waals surface area contributed by atoms with Crippen LogP contribution in [-0.4, -0.2) is 60.9 Å². The quantitative estimate of drug-likeness (QED) is 0.716. The normalized spacial score (nSPS) is 17.9. The van der Waals surface area contributed by atoms with Crippen LogP contribution in [0.4, 0.5) is 0 Å². The molecule has 8 heteroatoms. The molecule has 0 radical (unpaired) electrons. The minimum absolute atomic E-state index is 0.0283. The first-order valence-corrected chi connectivity index (χ1v) is 10.7. The first kappa shape index (κ1) is 21.7. The fraction of sp³-hybridized carbons (Fsp3) is 0.375. The highest BCUT2D eigenvalue weighted by Gasteiger charge is 2.41. The summed E-state index contributed by atoms with van der Waals surface area (Å²) in [6.07, 6.45) is 1.55. The number of ether oxygens (including phenoxy) is 2. The molecule has 2 saturated heterocycles. The Kier molecular flexibility index (Phi) is 6.30. The van der Waals surface area contributed by atoms with E-state index >= 15 is 0 Å². The summed E-state index contributed by atoms with van der Waals surface area (Å²) in [7, 11) is 3.15.